The van der Waals surface area contributed by atoms with Crippen LogP contribution < -0.4 is 14.4 Å². The minimum absolute atomic E-state index is 0.144. The van der Waals surface area contributed by atoms with E-state index in [1.165, 1.54) is 16.9 Å². The molecule has 0 atom stereocenters. The van der Waals surface area contributed by atoms with Crippen LogP contribution in [0.5, 0.6) is 11.5 Å². The van der Waals surface area contributed by atoms with Crippen molar-refractivity contribution in [1.82, 2.24) is 4.98 Å². The summed E-state index contributed by atoms with van der Waals surface area (Å²) in [4.78, 5) is 7.60. The van der Waals surface area contributed by atoms with Crippen LogP contribution in [-0.2, 0) is 0 Å². The summed E-state index contributed by atoms with van der Waals surface area (Å²) in [5.74, 6) is 1.66. The van der Waals surface area contributed by atoms with Crippen molar-refractivity contribution in [2.24, 2.45) is 0 Å². The van der Waals surface area contributed by atoms with E-state index >= 15 is 0 Å². The van der Waals surface area contributed by atoms with Crippen molar-refractivity contribution in [2.75, 3.05) is 24.7 Å². The number of nitrogens with one attached hydrogen (secondary N) is 1. The van der Waals surface area contributed by atoms with Crippen LogP contribution in [0.4, 0.5) is 5.69 Å². The maximum Gasteiger partial charge on any atom is 0.163 e. The number of hydrogen-bond acceptors (Lipinski definition) is 6. The number of benzene rings is 2. The first-order valence-electron chi connectivity index (χ1n) is 10.7. The lowest BCUT2D eigenvalue weighted by Crippen LogP contribution is -2.26. The van der Waals surface area contributed by atoms with Crippen molar-refractivity contribution in [3.63, 3.8) is 0 Å². The Kier molecular flexibility index (Phi) is 6.19. The molecule has 0 fully saturated rings. The molecule has 0 amide bonds. The summed E-state index contributed by atoms with van der Waals surface area (Å²) in [6, 6.07) is 13.8. The fourth-order valence-corrected chi connectivity index (χ4v) is 4.72. The second-order valence-electron chi connectivity index (χ2n) is 7.54. The topological polar surface area (TPSA) is 78.7 Å². The van der Waals surface area contributed by atoms with E-state index in [0.29, 0.717) is 35.3 Å². The van der Waals surface area contributed by atoms with Gasteiger partial charge in [0.15, 0.2) is 11.5 Å². The second kappa shape index (κ2) is 9.04. The van der Waals surface area contributed by atoms with Crippen LogP contribution in [-0.4, -0.2) is 35.7 Å². The van der Waals surface area contributed by atoms with Gasteiger partial charge < -0.3 is 19.5 Å². The molecule has 1 aliphatic rings. The number of hydrogen-bond donors (Lipinski definition) is 2. The van der Waals surface area contributed by atoms with Gasteiger partial charge in [0.05, 0.1) is 31.0 Å². The Hall–Kier alpha value is -3.32. The summed E-state index contributed by atoms with van der Waals surface area (Å²) in [7, 11) is 0. The molecule has 6 nitrogen and oxygen atoms in total. The smallest absolute Gasteiger partial charge is 0.163 e. The van der Waals surface area contributed by atoms with E-state index in [4.69, 9.17) is 19.9 Å². The monoisotopic (exact) mass is 449 g/mol. The number of ether oxygens (including phenoxy) is 2. The predicted molar refractivity (Wildman–Crippen MR) is 130 cm³/mol. The number of anilines is 1. The molecule has 2 heterocycles. The van der Waals surface area contributed by atoms with Crippen LogP contribution in [0.3, 0.4) is 0 Å². The summed E-state index contributed by atoms with van der Waals surface area (Å²) in [5, 5.41) is 20.2. The Morgan fingerprint density at radius 2 is 1.72 bits per heavy atom. The fourth-order valence-electron chi connectivity index (χ4n) is 3.71. The summed E-state index contributed by atoms with van der Waals surface area (Å²) in [6.45, 7) is 9.18. The average Bonchev–Trinajstić information content (AvgIpc) is 3.29. The van der Waals surface area contributed by atoms with Gasteiger partial charge in [-0.25, -0.2) is 4.98 Å². The van der Waals surface area contributed by atoms with Gasteiger partial charge in [-0.3, -0.25) is 5.41 Å². The average molecular weight is 450 g/mol. The standard InChI is InChI=1S/C25H27N3O3S/c1-5-30-20-12-11-18(13-21(20)31-6-2)28-14-19(29)22(24(28)26)25-27-23(16(4)32-25)17-9-7-15(3)8-10-17/h7-13,26,29H,5-6,14H2,1-4H3. The SMILES string of the molecule is CCOc1ccc(N2CC(O)=C(c3nc(-c4ccc(C)cc4)c(C)s3)C2=N)cc1OCC. The second-order valence-corrected chi connectivity index (χ2v) is 8.75. The molecule has 166 valence electrons. The molecule has 4 rings (SSSR count). The first kappa shape index (κ1) is 21.9. The number of aryl methyl sites for hydroxylation is 2. The third-order valence-corrected chi connectivity index (χ3v) is 6.27. The van der Waals surface area contributed by atoms with Crippen LogP contribution in [0.2, 0.25) is 0 Å². The zero-order valence-electron chi connectivity index (χ0n) is 18.7. The number of aromatic nitrogens is 1. The molecule has 7 heteroatoms. The number of nitrogens with zero attached hydrogens (tertiary/aromatic N) is 2. The van der Waals surface area contributed by atoms with Crippen molar-refractivity contribution in [3.05, 3.63) is 63.7 Å². The molecule has 2 aromatic carbocycles. The Morgan fingerprint density at radius 3 is 2.41 bits per heavy atom. The minimum Gasteiger partial charge on any atom is -0.510 e. The molecule has 2 N–H and O–H groups in total. The number of rotatable bonds is 7. The molecule has 0 saturated carbocycles. The van der Waals surface area contributed by atoms with E-state index in [-0.39, 0.29) is 18.1 Å². The number of aliphatic hydroxyl groups excluding tert-OH is 1. The molecule has 3 aromatic rings. The molecule has 0 saturated heterocycles. The van der Waals surface area contributed by atoms with Crippen molar-refractivity contribution < 1.29 is 14.6 Å². The zero-order valence-corrected chi connectivity index (χ0v) is 19.5. The van der Waals surface area contributed by atoms with Gasteiger partial charge in [-0.2, -0.15) is 0 Å². The van der Waals surface area contributed by atoms with E-state index in [1.807, 2.05) is 39.0 Å². The molecule has 0 radical (unpaired) electrons. The summed E-state index contributed by atoms with van der Waals surface area (Å²) in [5.41, 5.74) is 4.34. The molecular formula is C25H27N3O3S. The van der Waals surface area contributed by atoms with Crippen molar-refractivity contribution >= 4 is 28.4 Å². The van der Waals surface area contributed by atoms with Gasteiger partial charge >= 0.3 is 0 Å². The third-order valence-electron chi connectivity index (χ3n) is 5.28. The highest BCUT2D eigenvalue weighted by molar-refractivity contribution is 7.13. The Balaban J connectivity index is 1.64. The zero-order chi connectivity index (χ0) is 22.8. The van der Waals surface area contributed by atoms with Crippen molar-refractivity contribution in [1.29, 1.82) is 5.41 Å². The highest BCUT2D eigenvalue weighted by Crippen LogP contribution is 2.39. The molecule has 32 heavy (non-hydrogen) atoms. The van der Waals surface area contributed by atoms with Gasteiger partial charge in [-0.1, -0.05) is 29.8 Å². The number of thiazole rings is 1. The van der Waals surface area contributed by atoms with Gasteiger partial charge in [-0.05, 0) is 39.8 Å². The third kappa shape index (κ3) is 4.08. The Bertz CT molecular complexity index is 1180. The summed E-state index contributed by atoms with van der Waals surface area (Å²) < 4.78 is 11.4. The Labute approximate surface area is 192 Å². The highest BCUT2D eigenvalue weighted by Gasteiger charge is 2.32. The van der Waals surface area contributed by atoms with Crippen LogP contribution in [0.1, 0.15) is 29.3 Å². The quantitative estimate of drug-likeness (QED) is 0.463. The van der Waals surface area contributed by atoms with E-state index in [9.17, 15) is 5.11 Å². The first-order chi connectivity index (χ1) is 15.4. The van der Waals surface area contributed by atoms with E-state index in [1.54, 1.807) is 4.90 Å². The maximum atomic E-state index is 10.8. The molecule has 0 spiro atoms. The molecular weight excluding hydrogens is 422 g/mol. The molecule has 0 aliphatic carbocycles. The van der Waals surface area contributed by atoms with Gasteiger partial charge in [0.2, 0.25) is 0 Å². The van der Waals surface area contributed by atoms with E-state index < -0.39 is 0 Å². The first-order valence-corrected chi connectivity index (χ1v) is 11.5. The fraction of sp³-hybridized carbons (Fsp3) is 0.280. The lowest BCUT2D eigenvalue weighted by atomic mass is 10.1. The minimum atomic E-state index is 0.144. The molecule has 0 unspecified atom stereocenters. The van der Waals surface area contributed by atoms with E-state index in [0.717, 1.165) is 21.8 Å². The van der Waals surface area contributed by atoms with Crippen LogP contribution >= 0.6 is 11.3 Å². The summed E-state index contributed by atoms with van der Waals surface area (Å²) >= 11 is 1.49. The van der Waals surface area contributed by atoms with Gasteiger partial charge in [-0.15, -0.1) is 11.3 Å². The van der Waals surface area contributed by atoms with Crippen molar-refractivity contribution in [3.8, 4) is 22.8 Å². The van der Waals surface area contributed by atoms with Gasteiger partial charge in [0, 0.05) is 22.2 Å². The molecule has 1 aromatic heterocycles. The lowest BCUT2D eigenvalue weighted by Gasteiger charge is -2.20. The largest absolute Gasteiger partial charge is 0.510 e. The lowest BCUT2D eigenvalue weighted by molar-refractivity contribution is 0.288. The van der Waals surface area contributed by atoms with Crippen LogP contribution in [0, 0.1) is 19.3 Å². The predicted octanol–water partition coefficient (Wildman–Crippen LogP) is 5.99. The normalized spacial score (nSPS) is 13.8. The van der Waals surface area contributed by atoms with Crippen LogP contribution in [0.15, 0.2) is 48.2 Å². The highest BCUT2D eigenvalue weighted by atomic mass is 32.1. The Morgan fingerprint density at radius 1 is 1.03 bits per heavy atom. The number of aliphatic hydroxyl groups is 1. The summed E-state index contributed by atoms with van der Waals surface area (Å²) in [6.07, 6.45) is 0. The molecule has 0 bridgehead atoms. The van der Waals surface area contributed by atoms with Crippen LogP contribution in [0.25, 0.3) is 16.8 Å². The van der Waals surface area contributed by atoms with E-state index in [2.05, 4.69) is 31.2 Å². The molecule has 1 aliphatic heterocycles. The number of amidine groups is 1. The van der Waals surface area contributed by atoms with Gasteiger partial charge in [0.1, 0.15) is 16.6 Å². The van der Waals surface area contributed by atoms with Gasteiger partial charge in [0.25, 0.3) is 0 Å². The van der Waals surface area contributed by atoms with Crippen molar-refractivity contribution in [2.45, 2.75) is 27.7 Å². The maximum absolute atomic E-state index is 10.8.